The van der Waals surface area contributed by atoms with Gasteiger partial charge in [0, 0.05) is 40.7 Å². The zero-order valence-corrected chi connectivity index (χ0v) is 15.8. The van der Waals surface area contributed by atoms with Crippen molar-refractivity contribution in [1.82, 2.24) is 0 Å². The van der Waals surface area contributed by atoms with Crippen LogP contribution in [0.15, 0.2) is 12.7 Å². The molecular weight excluding hydrogens is 314 g/mol. The van der Waals surface area contributed by atoms with E-state index in [0.29, 0.717) is 4.48 Å². The van der Waals surface area contributed by atoms with Crippen molar-refractivity contribution in [3.63, 3.8) is 0 Å². The fourth-order valence-corrected chi connectivity index (χ4v) is 5.23. The molecule has 0 radical (unpaired) electrons. The summed E-state index contributed by atoms with van der Waals surface area (Å²) >= 11 is 0. The molecule has 2 atom stereocenters. The summed E-state index contributed by atoms with van der Waals surface area (Å²) in [7, 11) is 5.84. The summed E-state index contributed by atoms with van der Waals surface area (Å²) in [4.78, 5) is 11.4. The summed E-state index contributed by atoms with van der Waals surface area (Å²) < 4.78 is 22.5. The molecule has 0 aromatic heterocycles. The minimum absolute atomic E-state index is 0. The van der Waals surface area contributed by atoms with Crippen LogP contribution in [0.1, 0.15) is 20.3 Å². The van der Waals surface area contributed by atoms with Crippen LogP contribution in [0, 0.1) is 0 Å². The second kappa shape index (κ2) is 9.55. The molecule has 0 bridgehead atoms. The van der Waals surface area contributed by atoms with E-state index in [9.17, 15) is 4.79 Å². The van der Waals surface area contributed by atoms with Crippen molar-refractivity contribution in [2.75, 3.05) is 35.4 Å². The van der Waals surface area contributed by atoms with Crippen LogP contribution in [0.3, 0.4) is 0 Å². The highest BCUT2D eigenvalue weighted by atomic mass is 35.5. The fraction of sp³-hybridized carbons (Fsp3) is 0.769. The maximum atomic E-state index is 11.4. The zero-order valence-electron chi connectivity index (χ0n) is 14.0. The summed E-state index contributed by atoms with van der Waals surface area (Å²) in [5, 5.41) is 0. The third-order valence-corrected chi connectivity index (χ3v) is 7.44. The minimum atomic E-state index is -2.85. The Morgan fingerprint density at radius 2 is 1.67 bits per heavy atom. The number of hydrogen-bond donors (Lipinski definition) is 0. The molecule has 0 aliphatic rings. The molecule has 0 spiro atoms. The third-order valence-electron chi connectivity index (χ3n) is 3.84. The maximum Gasteiger partial charge on any atom is 0.561 e. The normalized spacial score (nSPS) is 14.8. The Hall–Kier alpha value is -0.443. The van der Waals surface area contributed by atoms with Crippen LogP contribution >= 0.6 is 0 Å². The Kier molecular flexibility index (Phi) is 10.4. The summed E-state index contributed by atoms with van der Waals surface area (Å²) in [5.41, 5.74) is -0.0601. The largest absolute Gasteiger partial charge is 1.00 e. The summed E-state index contributed by atoms with van der Waals surface area (Å²) in [6, 6.07) is 0. The predicted molar refractivity (Wildman–Crippen MR) is 78.7 cm³/mol. The van der Waals surface area contributed by atoms with Crippen LogP contribution < -0.4 is 12.4 Å². The molecule has 0 aromatic carbocycles. The highest BCUT2D eigenvalue weighted by Gasteiger charge is 2.57. The summed E-state index contributed by atoms with van der Waals surface area (Å²) in [5.74, 6) is -0.446. The highest BCUT2D eigenvalue weighted by Crippen LogP contribution is 2.27. The fourth-order valence-electron chi connectivity index (χ4n) is 2.39. The molecule has 0 saturated heterocycles. The Balaban J connectivity index is 0. The first-order valence-electron chi connectivity index (χ1n) is 6.57. The van der Waals surface area contributed by atoms with Crippen molar-refractivity contribution in [1.29, 1.82) is 0 Å². The number of rotatable bonds is 9. The monoisotopic (exact) mass is 341 g/mol. The molecule has 0 heterocycles. The molecule has 0 amide bonds. The Labute approximate surface area is 135 Å². The van der Waals surface area contributed by atoms with Gasteiger partial charge in [0.05, 0.1) is 14.1 Å². The molecule has 6 nitrogen and oxygen atoms in total. The van der Waals surface area contributed by atoms with E-state index in [1.807, 2.05) is 27.9 Å². The number of quaternary nitrogens is 1. The van der Waals surface area contributed by atoms with Crippen molar-refractivity contribution in [3.05, 3.63) is 12.7 Å². The molecule has 8 heteroatoms. The number of esters is 1. The number of nitrogens with zero attached hydrogens (tertiary/aromatic N) is 1. The van der Waals surface area contributed by atoms with Crippen molar-refractivity contribution >= 4 is 14.8 Å². The molecule has 2 unspecified atom stereocenters. The SMILES string of the molecule is C=CC(=O)OC(C)[N+](C)(C)C(CC)[Si](OC)(OC)OC.[Cl-]. The van der Waals surface area contributed by atoms with Gasteiger partial charge in [-0.2, -0.15) is 0 Å². The first-order chi connectivity index (χ1) is 9.25. The van der Waals surface area contributed by atoms with Crippen molar-refractivity contribution in [3.8, 4) is 0 Å². The van der Waals surface area contributed by atoms with Gasteiger partial charge in [-0.3, -0.25) is 4.48 Å². The molecule has 0 saturated carbocycles. The van der Waals surface area contributed by atoms with Gasteiger partial charge in [0.2, 0.25) is 6.23 Å². The van der Waals surface area contributed by atoms with Crippen LogP contribution in [-0.2, 0) is 22.8 Å². The lowest BCUT2D eigenvalue weighted by molar-refractivity contribution is -0.947. The van der Waals surface area contributed by atoms with Crippen molar-refractivity contribution in [2.45, 2.75) is 32.2 Å². The average molecular weight is 342 g/mol. The molecule has 21 heavy (non-hydrogen) atoms. The lowest BCUT2D eigenvalue weighted by Gasteiger charge is -2.45. The number of hydrogen-bond acceptors (Lipinski definition) is 5. The van der Waals surface area contributed by atoms with E-state index in [4.69, 9.17) is 18.0 Å². The second-order valence-corrected chi connectivity index (χ2v) is 8.11. The van der Waals surface area contributed by atoms with Gasteiger partial charge in [-0.15, -0.1) is 0 Å². The topological polar surface area (TPSA) is 54.0 Å². The van der Waals surface area contributed by atoms with Gasteiger partial charge < -0.3 is 30.4 Å². The van der Waals surface area contributed by atoms with Crippen LogP contribution in [-0.4, -0.2) is 66.6 Å². The molecule has 0 aliphatic carbocycles. The molecule has 0 aromatic rings. The van der Waals surface area contributed by atoms with Gasteiger partial charge in [-0.25, -0.2) is 4.79 Å². The van der Waals surface area contributed by atoms with E-state index in [2.05, 4.69) is 6.58 Å². The van der Waals surface area contributed by atoms with Crippen LogP contribution in [0.4, 0.5) is 0 Å². The van der Waals surface area contributed by atoms with Gasteiger partial charge >= 0.3 is 14.8 Å². The van der Waals surface area contributed by atoms with Gasteiger partial charge in [0.25, 0.3) is 0 Å². The quantitative estimate of drug-likeness (QED) is 0.165. The van der Waals surface area contributed by atoms with Gasteiger partial charge in [-0.05, 0) is 0 Å². The predicted octanol–water partition coefficient (Wildman–Crippen LogP) is -1.66. The first-order valence-corrected chi connectivity index (χ1v) is 8.37. The molecule has 0 fully saturated rings. The number of ether oxygens (including phenoxy) is 1. The molecule has 0 aliphatic heterocycles. The van der Waals surface area contributed by atoms with E-state index in [1.54, 1.807) is 21.3 Å². The average Bonchev–Trinajstić information content (AvgIpc) is 2.44. The van der Waals surface area contributed by atoms with E-state index in [-0.39, 0.29) is 24.3 Å². The minimum Gasteiger partial charge on any atom is -1.00 e. The van der Waals surface area contributed by atoms with Gasteiger partial charge in [0.1, 0.15) is 0 Å². The van der Waals surface area contributed by atoms with Crippen molar-refractivity contribution in [2.24, 2.45) is 0 Å². The Morgan fingerprint density at radius 1 is 1.24 bits per heavy atom. The van der Waals surface area contributed by atoms with Crippen LogP contribution in [0.25, 0.3) is 0 Å². The van der Waals surface area contributed by atoms with Gasteiger partial charge in [-0.1, -0.05) is 13.5 Å². The maximum absolute atomic E-state index is 11.4. The number of carbonyl (C=O) groups excluding carboxylic acids is 1. The summed E-state index contributed by atoms with van der Waals surface area (Å²) in [6.07, 6.45) is 1.55. The van der Waals surface area contributed by atoms with Gasteiger partial charge in [0.15, 0.2) is 5.67 Å². The Morgan fingerprint density at radius 3 is 1.95 bits per heavy atom. The Bertz CT molecular complexity index is 328. The molecule has 0 rings (SSSR count). The summed E-state index contributed by atoms with van der Waals surface area (Å²) in [6.45, 7) is 7.28. The van der Waals surface area contributed by atoms with E-state index in [0.717, 1.165) is 12.5 Å². The second-order valence-electron chi connectivity index (χ2n) is 5.01. The van der Waals surface area contributed by atoms with Crippen molar-refractivity contribution < 1.29 is 39.7 Å². The number of carbonyl (C=O) groups is 1. The molecule has 0 N–H and O–H groups in total. The number of halogens is 1. The van der Waals surface area contributed by atoms with E-state index in [1.165, 1.54) is 0 Å². The van der Waals surface area contributed by atoms with Crippen LogP contribution in [0.2, 0.25) is 0 Å². The van der Waals surface area contributed by atoms with E-state index < -0.39 is 14.8 Å². The smallest absolute Gasteiger partial charge is 0.561 e. The highest BCUT2D eigenvalue weighted by molar-refractivity contribution is 6.62. The van der Waals surface area contributed by atoms with Crippen LogP contribution in [0.5, 0.6) is 0 Å². The first kappa shape index (κ1) is 22.8. The molecular formula is C13H28ClNO5Si. The lowest BCUT2D eigenvalue weighted by atomic mass is 10.3. The third kappa shape index (κ3) is 5.05. The lowest BCUT2D eigenvalue weighted by Crippen LogP contribution is -3.00. The standard InChI is InChI=1S/C13H28NO5Si.ClH/c1-9-12(20(16-6,17-7)18-8)14(4,5)11(3)19-13(15)10-2;/h10-12H,2,9H2,1,3-8H3;1H/q+1;/p-1. The van der Waals surface area contributed by atoms with E-state index >= 15 is 0 Å². The molecule has 126 valence electrons. The zero-order chi connectivity index (χ0) is 16.0.